The van der Waals surface area contributed by atoms with Gasteiger partial charge in [-0.05, 0) is 56.5 Å². The van der Waals surface area contributed by atoms with Crippen LogP contribution in [0.2, 0.25) is 5.02 Å². The van der Waals surface area contributed by atoms with Gasteiger partial charge in [0.25, 0.3) is 5.91 Å². The molecule has 0 radical (unpaired) electrons. The van der Waals surface area contributed by atoms with Crippen molar-refractivity contribution in [2.24, 2.45) is 0 Å². The zero-order valence-electron chi connectivity index (χ0n) is 17.6. The van der Waals surface area contributed by atoms with E-state index in [1.807, 2.05) is 31.2 Å². The Morgan fingerprint density at radius 3 is 2.53 bits per heavy atom. The number of carbonyl (C=O) groups is 2. The van der Waals surface area contributed by atoms with Gasteiger partial charge in [-0.2, -0.15) is 0 Å². The molecule has 2 aromatic carbocycles. The van der Waals surface area contributed by atoms with Gasteiger partial charge in [-0.3, -0.25) is 9.59 Å². The summed E-state index contributed by atoms with van der Waals surface area (Å²) >= 11 is 5.90. The fraction of sp³-hybridized carbons (Fsp3) is 0.417. The number of amides is 2. The van der Waals surface area contributed by atoms with Crippen molar-refractivity contribution in [2.45, 2.75) is 58.2 Å². The van der Waals surface area contributed by atoms with Crippen LogP contribution in [-0.4, -0.2) is 35.4 Å². The lowest BCUT2D eigenvalue weighted by Crippen LogP contribution is -2.50. The molecule has 3 rings (SSSR count). The molecule has 1 aliphatic rings. The normalized spacial score (nSPS) is 14.9. The molecular weight excluding hydrogens is 400 g/mol. The third-order valence-corrected chi connectivity index (χ3v) is 5.73. The van der Waals surface area contributed by atoms with Crippen LogP contribution in [0.1, 0.15) is 43.7 Å². The Hall–Kier alpha value is -2.53. The number of nitrogens with one attached hydrogen (secondary N) is 1. The molecule has 1 atom stereocenters. The van der Waals surface area contributed by atoms with Crippen LogP contribution in [0.4, 0.5) is 0 Å². The zero-order valence-corrected chi connectivity index (χ0v) is 18.3. The van der Waals surface area contributed by atoms with Crippen LogP contribution >= 0.6 is 11.6 Å². The smallest absolute Gasteiger partial charge is 0.261 e. The molecule has 160 valence electrons. The summed E-state index contributed by atoms with van der Waals surface area (Å²) in [5, 5.41) is 3.71. The number of rotatable bonds is 8. The molecule has 0 unspecified atom stereocenters. The SMILES string of the molecule is Cc1cccc(CN(C(=O)COc2ccc(Cl)cc2)[C@@H](C)C(=O)NC2CCCC2)c1. The highest BCUT2D eigenvalue weighted by Gasteiger charge is 2.28. The van der Waals surface area contributed by atoms with Crippen LogP contribution in [0.25, 0.3) is 0 Å². The number of halogens is 1. The van der Waals surface area contributed by atoms with Crippen molar-refractivity contribution in [1.82, 2.24) is 10.2 Å². The van der Waals surface area contributed by atoms with Crippen molar-refractivity contribution in [3.05, 3.63) is 64.7 Å². The Balaban J connectivity index is 1.70. The number of aryl methyl sites for hydroxylation is 1. The van der Waals surface area contributed by atoms with Gasteiger partial charge >= 0.3 is 0 Å². The predicted molar refractivity (Wildman–Crippen MR) is 119 cm³/mol. The third kappa shape index (κ3) is 6.23. The lowest BCUT2D eigenvalue weighted by Gasteiger charge is -2.29. The molecule has 6 heteroatoms. The second-order valence-corrected chi connectivity index (χ2v) is 8.36. The Morgan fingerprint density at radius 2 is 1.87 bits per heavy atom. The molecule has 0 aromatic heterocycles. The first-order valence-corrected chi connectivity index (χ1v) is 10.8. The van der Waals surface area contributed by atoms with Crippen LogP contribution in [0.5, 0.6) is 5.75 Å². The van der Waals surface area contributed by atoms with Crippen LogP contribution in [-0.2, 0) is 16.1 Å². The van der Waals surface area contributed by atoms with Crippen LogP contribution in [0.15, 0.2) is 48.5 Å². The van der Waals surface area contributed by atoms with E-state index in [4.69, 9.17) is 16.3 Å². The monoisotopic (exact) mass is 428 g/mol. The highest BCUT2D eigenvalue weighted by Crippen LogP contribution is 2.19. The summed E-state index contributed by atoms with van der Waals surface area (Å²) in [6.45, 7) is 3.99. The molecule has 30 heavy (non-hydrogen) atoms. The van der Waals surface area contributed by atoms with Crippen molar-refractivity contribution in [2.75, 3.05) is 6.61 Å². The minimum atomic E-state index is -0.590. The van der Waals surface area contributed by atoms with Crippen molar-refractivity contribution >= 4 is 23.4 Å². The van der Waals surface area contributed by atoms with Gasteiger partial charge < -0.3 is 15.0 Å². The van der Waals surface area contributed by atoms with E-state index < -0.39 is 6.04 Å². The van der Waals surface area contributed by atoms with Gasteiger partial charge in [0.1, 0.15) is 11.8 Å². The van der Waals surface area contributed by atoms with Crippen LogP contribution in [0, 0.1) is 6.92 Å². The first kappa shape index (κ1) is 22.2. The molecule has 1 aliphatic carbocycles. The standard InChI is InChI=1S/C24H29ClN2O3/c1-17-6-5-7-19(14-17)15-27(18(2)24(29)26-21-8-3-4-9-21)23(28)16-30-22-12-10-20(25)11-13-22/h5-7,10-14,18,21H,3-4,8-9,15-16H2,1-2H3,(H,26,29)/t18-/m0/s1. The highest BCUT2D eigenvalue weighted by molar-refractivity contribution is 6.30. The van der Waals surface area contributed by atoms with Crippen LogP contribution in [0.3, 0.4) is 0 Å². The summed E-state index contributed by atoms with van der Waals surface area (Å²) in [7, 11) is 0. The maximum Gasteiger partial charge on any atom is 0.261 e. The number of nitrogens with zero attached hydrogens (tertiary/aromatic N) is 1. The summed E-state index contributed by atoms with van der Waals surface area (Å²) in [4.78, 5) is 27.5. The van der Waals surface area contributed by atoms with E-state index in [0.717, 1.165) is 36.8 Å². The predicted octanol–water partition coefficient (Wildman–Crippen LogP) is 4.50. The van der Waals surface area contributed by atoms with E-state index in [1.54, 1.807) is 36.1 Å². The quantitative estimate of drug-likeness (QED) is 0.673. The molecule has 0 heterocycles. The number of benzene rings is 2. The number of carbonyl (C=O) groups excluding carboxylic acids is 2. The lowest BCUT2D eigenvalue weighted by molar-refractivity contribution is -0.142. The van der Waals surface area contributed by atoms with Crippen molar-refractivity contribution in [3.63, 3.8) is 0 Å². The molecule has 0 bridgehead atoms. The molecule has 0 aliphatic heterocycles. The lowest BCUT2D eigenvalue weighted by atomic mass is 10.1. The van der Waals surface area contributed by atoms with E-state index in [-0.39, 0.29) is 24.5 Å². The molecule has 2 aromatic rings. The Kier molecular flexibility index (Phi) is 7.75. The second kappa shape index (κ2) is 10.5. The third-order valence-electron chi connectivity index (χ3n) is 5.48. The molecule has 1 fully saturated rings. The fourth-order valence-corrected chi connectivity index (χ4v) is 3.87. The topological polar surface area (TPSA) is 58.6 Å². The minimum absolute atomic E-state index is 0.116. The van der Waals surface area contributed by atoms with E-state index >= 15 is 0 Å². The van der Waals surface area contributed by atoms with Crippen LogP contribution < -0.4 is 10.1 Å². The first-order valence-electron chi connectivity index (χ1n) is 10.5. The zero-order chi connectivity index (χ0) is 21.5. The average Bonchev–Trinajstić information content (AvgIpc) is 3.24. The molecular formula is C24H29ClN2O3. The fourth-order valence-electron chi connectivity index (χ4n) is 3.74. The van der Waals surface area contributed by atoms with Crippen molar-refractivity contribution < 1.29 is 14.3 Å². The highest BCUT2D eigenvalue weighted by atomic mass is 35.5. The van der Waals surface area contributed by atoms with Crippen molar-refractivity contribution in [1.29, 1.82) is 0 Å². The number of ether oxygens (including phenoxy) is 1. The maximum atomic E-state index is 13.1. The largest absolute Gasteiger partial charge is 0.484 e. The van der Waals surface area contributed by atoms with E-state index in [9.17, 15) is 9.59 Å². The van der Waals surface area contributed by atoms with Gasteiger partial charge in [0.05, 0.1) is 0 Å². The van der Waals surface area contributed by atoms with Gasteiger partial charge in [-0.15, -0.1) is 0 Å². The van der Waals surface area contributed by atoms with Gasteiger partial charge in [0.2, 0.25) is 5.91 Å². The first-order chi connectivity index (χ1) is 14.4. The van der Waals surface area contributed by atoms with E-state index in [0.29, 0.717) is 17.3 Å². The summed E-state index contributed by atoms with van der Waals surface area (Å²) in [6, 6.07) is 14.4. The molecule has 5 nitrogen and oxygen atoms in total. The Labute approximate surface area is 183 Å². The number of hydrogen-bond donors (Lipinski definition) is 1. The van der Waals surface area contributed by atoms with E-state index in [1.165, 1.54) is 0 Å². The average molecular weight is 429 g/mol. The molecule has 1 saturated carbocycles. The molecule has 0 spiro atoms. The summed E-state index contributed by atoms with van der Waals surface area (Å²) < 4.78 is 5.65. The minimum Gasteiger partial charge on any atom is -0.484 e. The Morgan fingerprint density at radius 1 is 1.17 bits per heavy atom. The molecule has 0 saturated heterocycles. The second-order valence-electron chi connectivity index (χ2n) is 7.92. The van der Waals surface area contributed by atoms with Gasteiger partial charge in [-0.25, -0.2) is 0 Å². The van der Waals surface area contributed by atoms with Gasteiger partial charge in [0, 0.05) is 17.6 Å². The maximum absolute atomic E-state index is 13.1. The van der Waals surface area contributed by atoms with Gasteiger partial charge in [-0.1, -0.05) is 54.3 Å². The summed E-state index contributed by atoms with van der Waals surface area (Å²) in [6.07, 6.45) is 4.29. The molecule has 1 N–H and O–H groups in total. The van der Waals surface area contributed by atoms with Gasteiger partial charge in [0.15, 0.2) is 6.61 Å². The summed E-state index contributed by atoms with van der Waals surface area (Å²) in [5.41, 5.74) is 2.09. The molecule has 2 amide bonds. The summed E-state index contributed by atoms with van der Waals surface area (Å²) in [5.74, 6) is 0.209. The Bertz CT molecular complexity index is 863. The van der Waals surface area contributed by atoms with Crippen molar-refractivity contribution in [3.8, 4) is 5.75 Å². The van der Waals surface area contributed by atoms with E-state index in [2.05, 4.69) is 5.32 Å². The number of hydrogen-bond acceptors (Lipinski definition) is 3.